The van der Waals surface area contributed by atoms with Crippen molar-refractivity contribution < 1.29 is 44.0 Å². The average molecular weight is 824 g/mol. The topological polar surface area (TPSA) is 217 Å². The molecular weight excluding hydrogens is 797 g/mol. The molecule has 6 heterocycles. The molecule has 2 N–H and O–H groups in total. The van der Waals surface area contributed by atoms with Crippen LogP contribution in [0.4, 0.5) is 8.78 Å². The first kappa shape index (κ1) is 39.0. The lowest BCUT2D eigenvalue weighted by Crippen LogP contribution is -2.23. The molecule has 8 rings (SSSR count). The van der Waals surface area contributed by atoms with Crippen LogP contribution in [0.25, 0.3) is 21.9 Å². The number of nitrogens with one attached hydrogen (secondary N) is 2. The molecule has 0 bridgehead atoms. The largest absolute Gasteiger partial charge is 0.449 e. The fraction of sp³-hybridized carbons (Fsp3) is 0.0513. The molecule has 0 saturated carbocycles. The lowest BCUT2D eigenvalue weighted by Gasteiger charge is -2.06. The molecule has 58 heavy (non-hydrogen) atoms. The summed E-state index contributed by atoms with van der Waals surface area (Å²) in [7, 11) is -7.82. The van der Waals surface area contributed by atoms with Crippen LogP contribution in [-0.2, 0) is 32.8 Å². The number of fused-ring (bicyclic) bond motifs is 2. The van der Waals surface area contributed by atoms with Gasteiger partial charge in [0, 0.05) is 47.8 Å². The van der Waals surface area contributed by atoms with Crippen LogP contribution in [0.1, 0.15) is 32.6 Å². The normalized spacial score (nSPS) is 11.5. The minimum Gasteiger partial charge on any atom is -0.449 e. The fourth-order valence-electron chi connectivity index (χ4n) is 5.30. The summed E-state index contributed by atoms with van der Waals surface area (Å²) in [4.78, 5) is 43.6. The van der Waals surface area contributed by atoms with Crippen LogP contribution in [0, 0.1) is 11.6 Å². The predicted octanol–water partition coefficient (Wildman–Crippen LogP) is 5.64. The number of sulfone groups is 2. The van der Waals surface area contributed by atoms with Gasteiger partial charge < -0.3 is 19.5 Å². The van der Waals surface area contributed by atoms with Gasteiger partial charge in [-0.05, 0) is 60.7 Å². The Morgan fingerprint density at radius 1 is 0.552 bits per heavy atom. The van der Waals surface area contributed by atoms with E-state index in [9.17, 15) is 35.2 Å². The van der Waals surface area contributed by atoms with Crippen molar-refractivity contribution in [2.75, 3.05) is 0 Å². The van der Waals surface area contributed by atoms with Gasteiger partial charge in [0.15, 0.2) is 22.7 Å². The van der Waals surface area contributed by atoms with Gasteiger partial charge in [-0.1, -0.05) is 18.2 Å². The standard InChI is InChI=1S/C20H15N3O4S.C19H12F2N4O4S/c24-20(18-10-14-8-9-21-13-19(14)27-18)23-11-15-6-7-17(12-22-15)28(25,26)16-4-2-1-3-5-16;20-12-4-13(21)6-14(5-12)30(27,28)15-7-23-18(24-8-15)10-25-19(26)16-3-11-1-2-22-9-17(11)29-16/h1-10,12-13H,11H2,(H,23,24);1-9H,10H2,(H,25,26). The Morgan fingerprint density at radius 2 is 1.09 bits per heavy atom. The molecule has 0 radical (unpaired) electrons. The predicted molar refractivity (Wildman–Crippen MR) is 200 cm³/mol. The van der Waals surface area contributed by atoms with E-state index in [1.165, 1.54) is 30.6 Å². The lowest BCUT2D eigenvalue weighted by atomic mass is 10.3. The first-order valence-corrected chi connectivity index (χ1v) is 19.8. The van der Waals surface area contributed by atoms with Crippen LogP contribution in [-0.4, -0.2) is 53.6 Å². The van der Waals surface area contributed by atoms with Crippen molar-refractivity contribution in [2.24, 2.45) is 0 Å². The van der Waals surface area contributed by atoms with E-state index in [1.54, 1.807) is 67.1 Å². The summed E-state index contributed by atoms with van der Waals surface area (Å²) in [6.07, 6.45) is 9.50. The number of amides is 2. The van der Waals surface area contributed by atoms with Crippen molar-refractivity contribution in [2.45, 2.75) is 32.7 Å². The second kappa shape index (κ2) is 16.5. The average Bonchev–Trinajstić information content (AvgIpc) is 3.88. The van der Waals surface area contributed by atoms with Crippen LogP contribution in [0.15, 0.2) is 157 Å². The molecule has 0 fully saturated rings. The van der Waals surface area contributed by atoms with Gasteiger partial charge in [-0.2, -0.15) is 0 Å². The molecule has 19 heteroatoms. The Balaban J connectivity index is 0.000000177. The Labute approximate surface area is 327 Å². The van der Waals surface area contributed by atoms with Gasteiger partial charge in [-0.25, -0.2) is 35.6 Å². The summed E-state index contributed by atoms with van der Waals surface area (Å²) in [5.41, 5.74) is 1.52. The van der Waals surface area contributed by atoms with Gasteiger partial charge in [0.25, 0.3) is 11.8 Å². The number of nitrogens with zero attached hydrogens (tertiary/aromatic N) is 5. The molecule has 6 aromatic heterocycles. The number of hydrogen-bond donors (Lipinski definition) is 2. The SMILES string of the molecule is O=C(NCc1ccc(S(=O)(=O)c2ccccc2)cn1)c1cc2ccncc2o1.O=C(NCc1ncc(S(=O)(=O)c2cc(F)cc(F)c2)cn1)c1cc2ccncc2o1. The van der Waals surface area contributed by atoms with E-state index in [1.807, 2.05) is 0 Å². The quantitative estimate of drug-likeness (QED) is 0.171. The maximum absolute atomic E-state index is 13.3. The second-order valence-electron chi connectivity index (χ2n) is 12.2. The number of halogens is 2. The van der Waals surface area contributed by atoms with E-state index in [0.717, 1.165) is 23.2 Å². The summed E-state index contributed by atoms with van der Waals surface area (Å²) in [5, 5.41) is 6.76. The number of hydrogen-bond acceptors (Lipinski definition) is 13. The fourth-order valence-corrected chi connectivity index (χ4v) is 7.72. The third kappa shape index (κ3) is 8.74. The molecular formula is C39H27F2N7O8S2. The van der Waals surface area contributed by atoms with E-state index in [0.29, 0.717) is 35.1 Å². The Hall–Kier alpha value is -7.25. The van der Waals surface area contributed by atoms with Gasteiger partial charge >= 0.3 is 0 Å². The molecule has 2 aromatic carbocycles. The van der Waals surface area contributed by atoms with E-state index in [4.69, 9.17) is 8.83 Å². The molecule has 0 aliphatic heterocycles. The lowest BCUT2D eigenvalue weighted by molar-refractivity contribution is 0.0917. The van der Waals surface area contributed by atoms with Gasteiger partial charge in [0.05, 0.1) is 45.9 Å². The first-order chi connectivity index (χ1) is 27.9. The molecule has 0 aliphatic carbocycles. The summed E-state index contributed by atoms with van der Waals surface area (Å²) in [5.74, 6) is -2.56. The maximum atomic E-state index is 13.3. The maximum Gasteiger partial charge on any atom is 0.287 e. The molecule has 292 valence electrons. The summed E-state index contributed by atoms with van der Waals surface area (Å²) in [6.45, 7) is 0.0445. The van der Waals surface area contributed by atoms with Gasteiger partial charge in [0.2, 0.25) is 19.7 Å². The highest BCUT2D eigenvalue weighted by atomic mass is 32.2. The van der Waals surface area contributed by atoms with Gasteiger partial charge in [0.1, 0.15) is 22.4 Å². The van der Waals surface area contributed by atoms with E-state index in [-0.39, 0.29) is 51.0 Å². The Kier molecular flexibility index (Phi) is 11.1. The molecule has 0 unspecified atom stereocenters. The third-order valence-corrected chi connectivity index (χ3v) is 11.7. The molecule has 0 saturated heterocycles. The highest BCUT2D eigenvalue weighted by molar-refractivity contribution is 7.91. The molecule has 2 amide bonds. The molecule has 0 spiro atoms. The Morgan fingerprint density at radius 3 is 1.62 bits per heavy atom. The number of rotatable bonds is 10. The highest BCUT2D eigenvalue weighted by Gasteiger charge is 2.22. The van der Waals surface area contributed by atoms with Gasteiger partial charge in [-0.15, -0.1) is 0 Å². The zero-order chi connectivity index (χ0) is 40.9. The van der Waals surface area contributed by atoms with E-state index >= 15 is 0 Å². The summed E-state index contributed by atoms with van der Waals surface area (Å²) in [6, 6.07) is 19.8. The van der Waals surface area contributed by atoms with Crippen molar-refractivity contribution in [3.05, 3.63) is 163 Å². The summed E-state index contributed by atoms with van der Waals surface area (Å²) < 4.78 is 87.6. The van der Waals surface area contributed by atoms with Crippen LogP contribution in [0.5, 0.6) is 0 Å². The number of benzene rings is 2. The first-order valence-electron chi connectivity index (χ1n) is 16.9. The number of carbonyl (C=O) groups excluding carboxylic acids is 2. The number of aromatic nitrogens is 5. The molecule has 0 aliphatic rings. The van der Waals surface area contributed by atoms with Crippen LogP contribution < -0.4 is 10.6 Å². The van der Waals surface area contributed by atoms with E-state index < -0.39 is 42.1 Å². The highest BCUT2D eigenvalue weighted by Crippen LogP contribution is 2.23. The number of furan rings is 2. The minimum absolute atomic E-state index is 0.0744. The third-order valence-electron chi connectivity index (χ3n) is 8.23. The van der Waals surface area contributed by atoms with Gasteiger partial charge in [-0.3, -0.25) is 24.5 Å². The van der Waals surface area contributed by atoms with Crippen molar-refractivity contribution in [3.8, 4) is 0 Å². The van der Waals surface area contributed by atoms with E-state index in [2.05, 4.69) is 35.6 Å². The molecule has 8 aromatic rings. The molecule has 0 atom stereocenters. The monoisotopic (exact) mass is 823 g/mol. The zero-order valence-electron chi connectivity index (χ0n) is 29.6. The number of carbonyl (C=O) groups is 2. The second-order valence-corrected chi connectivity index (χ2v) is 16.1. The molecule has 15 nitrogen and oxygen atoms in total. The number of pyridine rings is 3. The Bertz CT molecular complexity index is 2910. The smallest absolute Gasteiger partial charge is 0.287 e. The van der Waals surface area contributed by atoms with Crippen molar-refractivity contribution in [1.82, 2.24) is 35.6 Å². The van der Waals surface area contributed by atoms with Crippen molar-refractivity contribution >= 4 is 53.4 Å². The van der Waals surface area contributed by atoms with Crippen molar-refractivity contribution in [1.29, 1.82) is 0 Å². The van der Waals surface area contributed by atoms with Crippen LogP contribution in [0.2, 0.25) is 0 Å². The summed E-state index contributed by atoms with van der Waals surface area (Å²) >= 11 is 0. The van der Waals surface area contributed by atoms with Crippen LogP contribution in [0.3, 0.4) is 0 Å². The minimum atomic E-state index is -4.20. The van der Waals surface area contributed by atoms with Crippen molar-refractivity contribution in [3.63, 3.8) is 0 Å². The zero-order valence-corrected chi connectivity index (χ0v) is 31.2. The van der Waals surface area contributed by atoms with Crippen LogP contribution >= 0.6 is 0 Å².